The quantitative estimate of drug-likeness (QED) is 0.0261. The van der Waals surface area contributed by atoms with Crippen LogP contribution in [-0.2, 0) is 80.7 Å². The molecule has 10 atom stereocenters. The van der Waals surface area contributed by atoms with Crippen LogP contribution < -0.4 is 16.0 Å². The zero-order valence-corrected chi connectivity index (χ0v) is 78.9. The van der Waals surface area contributed by atoms with Crippen molar-refractivity contribution in [3.8, 4) is 0 Å². The Kier molecular flexibility index (Phi) is 67.8. The molecular formula is C103H178N3O15P. The second-order valence-corrected chi connectivity index (χ2v) is 36.9. The van der Waals surface area contributed by atoms with E-state index in [-0.39, 0.29) is 45.3 Å². The molecule has 0 bridgehead atoms. The number of unbranched alkanes of at least 4 members (excludes halogenated alkanes) is 45. The van der Waals surface area contributed by atoms with Crippen molar-refractivity contribution < 1.29 is 71.2 Å². The summed E-state index contributed by atoms with van der Waals surface area (Å²) in [7, 11) is -5.28. The second kappa shape index (κ2) is 75.4. The first-order valence-corrected chi connectivity index (χ1v) is 51.8. The number of carbonyl (C=O) groups is 4. The predicted molar refractivity (Wildman–Crippen MR) is 500 cm³/mol. The molecule has 1 aliphatic rings. The van der Waals surface area contributed by atoms with Crippen molar-refractivity contribution in [3.63, 3.8) is 0 Å². The number of carboxylic acids is 1. The molecule has 5 N–H and O–H groups in total. The van der Waals surface area contributed by atoms with E-state index >= 15 is 14.2 Å². The summed E-state index contributed by atoms with van der Waals surface area (Å²) in [5.74, 6) is -2.82. The molecule has 0 aliphatic carbocycles. The van der Waals surface area contributed by atoms with Crippen LogP contribution in [-0.4, -0.2) is 128 Å². The van der Waals surface area contributed by atoms with E-state index in [9.17, 15) is 19.6 Å². The van der Waals surface area contributed by atoms with Crippen LogP contribution in [0.5, 0.6) is 0 Å². The molecule has 0 spiro atoms. The van der Waals surface area contributed by atoms with Crippen molar-refractivity contribution in [1.82, 2.24) is 16.0 Å². The number of carboxylic acid groups (broad SMARTS) is 1. The first-order valence-electron chi connectivity index (χ1n) is 50.3. The summed E-state index contributed by atoms with van der Waals surface area (Å²) >= 11 is 0. The van der Waals surface area contributed by atoms with Gasteiger partial charge in [0, 0.05) is 19.8 Å². The Balaban J connectivity index is 1.89. The lowest BCUT2D eigenvalue weighted by atomic mass is 9.93. The molecule has 0 radical (unpaired) electrons. The summed E-state index contributed by atoms with van der Waals surface area (Å²) in [6.45, 7) is 14.0. The maximum atomic E-state index is 15.8. The fourth-order valence-electron chi connectivity index (χ4n) is 16.8. The van der Waals surface area contributed by atoms with E-state index in [1.54, 1.807) is 0 Å². The molecule has 3 aromatic carbocycles. The third kappa shape index (κ3) is 57.3. The lowest BCUT2D eigenvalue weighted by Crippen LogP contribution is -2.70. The van der Waals surface area contributed by atoms with Crippen LogP contribution in [0.15, 0.2) is 91.0 Å². The molecule has 18 nitrogen and oxygen atoms in total. The van der Waals surface area contributed by atoms with Gasteiger partial charge in [-0.15, -0.1) is 0 Å². The molecule has 0 aromatic heterocycles. The first-order chi connectivity index (χ1) is 59.7. The maximum absolute atomic E-state index is 15.8. The van der Waals surface area contributed by atoms with Gasteiger partial charge in [0.1, 0.15) is 18.2 Å². The van der Waals surface area contributed by atoms with Crippen LogP contribution in [0.25, 0.3) is 0 Å². The molecular weight excluding hydrogens is 1550 g/mol. The number of phosphoric acid groups is 1. The Morgan fingerprint density at radius 1 is 0.385 bits per heavy atom. The molecule has 700 valence electrons. The highest BCUT2D eigenvalue weighted by Crippen LogP contribution is 2.49. The molecule has 3 aromatic rings. The molecule has 1 aliphatic heterocycles. The van der Waals surface area contributed by atoms with Gasteiger partial charge in [-0.05, 0) is 68.1 Å². The Labute approximate surface area is 743 Å². The van der Waals surface area contributed by atoms with Gasteiger partial charge in [-0.3, -0.25) is 23.4 Å². The summed E-state index contributed by atoms with van der Waals surface area (Å²) < 4.78 is 69.2. The Bertz CT molecular complexity index is 2870. The lowest BCUT2D eigenvalue weighted by molar-refractivity contribution is -0.253. The van der Waals surface area contributed by atoms with Gasteiger partial charge in [0.05, 0.1) is 69.5 Å². The number of rotatable bonds is 85. The summed E-state index contributed by atoms with van der Waals surface area (Å²) in [5, 5.41) is 20.6. The number of benzene rings is 3. The lowest BCUT2D eigenvalue weighted by Gasteiger charge is -2.47. The van der Waals surface area contributed by atoms with E-state index < -0.39 is 99.2 Å². The molecule has 1 heterocycles. The monoisotopic (exact) mass is 1730 g/mol. The summed E-state index contributed by atoms with van der Waals surface area (Å²) in [5.41, 5.74) is 2.55. The van der Waals surface area contributed by atoms with E-state index in [0.717, 1.165) is 152 Å². The molecule has 4 rings (SSSR count). The highest BCUT2D eigenvalue weighted by molar-refractivity contribution is 7.47. The number of phosphoric ester groups is 1. The van der Waals surface area contributed by atoms with Crippen molar-refractivity contribution in [2.75, 3.05) is 33.0 Å². The Hall–Kier alpha value is -4.59. The van der Waals surface area contributed by atoms with E-state index in [2.05, 4.69) is 57.5 Å². The van der Waals surface area contributed by atoms with Gasteiger partial charge >= 0.3 is 13.8 Å². The molecule has 1 saturated heterocycles. The Morgan fingerprint density at radius 3 is 1.02 bits per heavy atom. The average molecular weight is 1730 g/mol. The van der Waals surface area contributed by atoms with Gasteiger partial charge in [-0.2, -0.15) is 0 Å². The number of ether oxygens (including phenoxy) is 6. The van der Waals surface area contributed by atoms with Gasteiger partial charge < -0.3 is 54.4 Å². The van der Waals surface area contributed by atoms with Crippen LogP contribution in [0.2, 0.25) is 0 Å². The highest BCUT2D eigenvalue weighted by Gasteiger charge is 2.52. The van der Waals surface area contributed by atoms with Crippen molar-refractivity contribution in [3.05, 3.63) is 108 Å². The van der Waals surface area contributed by atoms with E-state index in [0.29, 0.717) is 39.1 Å². The maximum Gasteiger partial charge on any atom is 0.472 e. The molecule has 19 heteroatoms. The fraction of sp³-hybridized carbons (Fsp3) is 0.786. The minimum Gasteiger partial charge on any atom is -0.480 e. The van der Waals surface area contributed by atoms with Crippen LogP contribution in [0.1, 0.15) is 424 Å². The predicted octanol–water partition coefficient (Wildman–Crippen LogP) is 26.4. The number of aliphatic carboxylic acids is 1. The van der Waals surface area contributed by atoms with E-state index in [1.807, 2.05) is 91.0 Å². The number of carbonyl (C=O) groups excluding carboxylic acids is 3. The molecule has 1 unspecified atom stereocenters. The van der Waals surface area contributed by atoms with Gasteiger partial charge in [-0.1, -0.05) is 441 Å². The van der Waals surface area contributed by atoms with Crippen LogP contribution >= 0.6 is 7.82 Å². The smallest absolute Gasteiger partial charge is 0.472 e. The summed E-state index contributed by atoms with van der Waals surface area (Å²) in [4.78, 5) is 72.5. The summed E-state index contributed by atoms with van der Waals surface area (Å²) in [6.07, 6.45) is 52.9. The SMILES string of the molecule is CCCCCCCCCCC[C@H](CC(=O)N[C@H]1[C@H](OC[C@H](NC(=O)C[C@@H](CCCCCCCCCCC)OCCCCCCCCCC)C(=O)O)O[C@H](COCc2ccccc2)[C@@H](OP(=O)(O)OC(Cc2ccccc2)Cc2ccccc2)[C@H]1NC(=O)C[C@@H](CCCCCCCCCCC)OCCCCCCCCCC)OCCCCCCCCCC. The van der Waals surface area contributed by atoms with Crippen molar-refractivity contribution in [2.24, 2.45) is 0 Å². The number of nitrogens with one attached hydrogen (secondary N) is 3. The van der Waals surface area contributed by atoms with Gasteiger partial charge in [-0.25, -0.2) is 9.36 Å². The third-order valence-corrected chi connectivity index (χ3v) is 25.2. The average Bonchev–Trinajstić information content (AvgIpc) is 0.774. The number of hydrogen-bond acceptors (Lipinski definition) is 13. The standard InChI is InChI=1S/C103H178N3O15P/c1-7-13-19-25-31-37-40-46-61-73-90(115-76-64-49-43-34-28-22-16-10-4)81-96(107)104-94(102(110)111)85-118-103-100(106-98(109)83-92(75-63-48-42-39-33-27-21-15-9-3)117-78-66-51-45-36-30-24-18-12-6)99(105-97(108)82-91(74-62-47-41-38-32-26-20-14-8-2)116-77-65-50-44-35-29-23-17-11-5)101(95(119-103)86-114-84-89-71-59-54-60-72-89)121-122(112,113)120-93(79-87-67-55-52-56-68-87)80-88-69-57-53-58-70-88/h52-60,67-72,90-95,99-101,103H,7-51,61-66,73-86H2,1-6H3,(H,104,107)(H,105,108)(H,106,109)(H,110,111)(H,112,113)/t90-,91-,92-,94+,95-,99+,100-,101-,103-/m1/s1. The fourth-order valence-corrected chi connectivity index (χ4v) is 17.9. The van der Waals surface area contributed by atoms with E-state index in [4.69, 9.17) is 37.5 Å². The van der Waals surface area contributed by atoms with Crippen LogP contribution in [0, 0.1) is 0 Å². The number of hydrogen-bond donors (Lipinski definition) is 5. The van der Waals surface area contributed by atoms with Gasteiger partial charge in [0.25, 0.3) is 0 Å². The van der Waals surface area contributed by atoms with Crippen molar-refractivity contribution >= 4 is 31.5 Å². The highest BCUT2D eigenvalue weighted by atomic mass is 31.2. The van der Waals surface area contributed by atoms with Crippen molar-refractivity contribution in [2.45, 2.75) is 488 Å². The minimum absolute atomic E-state index is 0.0600. The molecule has 3 amide bonds. The molecule has 122 heavy (non-hydrogen) atoms. The van der Waals surface area contributed by atoms with E-state index in [1.165, 1.54) is 193 Å². The minimum atomic E-state index is -5.28. The van der Waals surface area contributed by atoms with Crippen LogP contribution in [0.3, 0.4) is 0 Å². The topological polar surface area (TPSA) is 236 Å². The number of amides is 3. The summed E-state index contributed by atoms with van der Waals surface area (Å²) in [6, 6.07) is 24.2. The van der Waals surface area contributed by atoms with Crippen LogP contribution in [0.4, 0.5) is 0 Å². The first kappa shape index (κ1) is 110. The normalized spacial score (nSPS) is 17.0. The Morgan fingerprint density at radius 2 is 0.689 bits per heavy atom. The zero-order chi connectivity index (χ0) is 87.7. The van der Waals surface area contributed by atoms with Crippen molar-refractivity contribution in [1.29, 1.82) is 0 Å². The molecule has 0 saturated carbocycles. The second-order valence-electron chi connectivity index (χ2n) is 35.5. The van der Waals surface area contributed by atoms with Gasteiger partial charge in [0.15, 0.2) is 12.3 Å². The third-order valence-electron chi connectivity index (χ3n) is 24.2. The zero-order valence-electron chi connectivity index (χ0n) is 78.0. The van der Waals surface area contributed by atoms with Gasteiger partial charge in [0.2, 0.25) is 17.7 Å². The largest absolute Gasteiger partial charge is 0.480 e. The molecule has 1 fully saturated rings.